The van der Waals surface area contributed by atoms with Crippen molar-refractivity contribution in [2.24, 2.45) is 0 Å². The van der Waals surface area contributed by atoms with Gasteiger partial charge < -0.3 is 10.2 Å². The van der Waals surface area contributed by atoms with Crippen molar-refractivity contribution < 1.29 is 24.6 Å². The third kappa shape index (κ3) is 2.88. The molecule has 3 N–H and O–H groups in total. The van der Waals surface area contributed by atoms with Gasteiger partial charge in [0.2, 0.25) is 5.88 Å². The van der Waals surface area contributed by atoms with E-state index in [-0.39, 0.29) is 16.7 Å². The van der Waals surface area contributed by atoms with Crippen molar-refractivity contribution in [2.75, 3.05) is 0 Å². The number of aromatic amines is 1. The molecule has 0 saturated heterocycles. The van der Waals surface area contributed by atoms with Crippen LogP contribution in [0.3, 0.4) is 0 Å². The van der Waals surface area contributed by atoms with Crippen LogP contribution in [0.25, 0.3) is 5.57 Å². The number of H-pyrrole nitrogens is 1. The number of aromatic hydroxyl groups is 2. The smallest absolute Gasteiger partial charge is 0.273 e. The molecule has 0 saturated carbocycles. The number of rotatable bonds is 5. The first kappa shape index (κ1) is 17.5. The van der Waals surface area contributed by atoms with Gasteiger partial charge in [-0.2, -0.15) is 0 Å². The van der Waals surface area contributed by atoms with Gasteiger partial charge in [-0.3, -0.25) is 19.4 Å². The number of hydrogen-bond acceptors (Lipinski definition) is 5. The molecule has 0 bridgehead atoms. The van der Waals surface area contributed by atoms with Crippen LogP contribution in [0.15, 0.2) is 42.0 Å². The lowest BCUT2D eigenvalue weighted by Gasteiger charge is -2.12. The van der Waals surface area contributed by atoms with Gasteiger partial charge in [0.25, 0.3) is 17.7 Å². The quantitative estimate of drug-likeness (QED) is 0.715. The van der Waals surface area contributed by atoms with E-state index in [0.717, 1.165) is 12.5 Å². The summed E-state index contributed by atoms with van der Waals surface area (Å²) in [5.41, 5.74) is 0.717. The Kier molecular flexibility index (Phi) is 4.62. The van der Waals surface area contributed by atoms with E-state index in [1.54, 1.807) is 30.3 Å². The highest BCUT2D eigenvalue weighted by molar-refractivity contribution is 6.41. The number of nitrogens with zero attached hydrogens (tertiary/aromatic N) is 1. The Morgan fingerprint density at radius 2 is 1.81 bits per heavy atom. The molecule has 0 fully saturated rings. The van der Waals surface area contributed by atoms with Gasteiger partial charge in [0.05, 0.1) is 5.57 Å². The molecule has 0 spiro atoms. The Morgan fingerprint density at radius 3 is 2.38 bits per heavy atom. The predicted octanol–water partition coefficient (Wildman–Crippen LogP) is 2.58. The summed E-state index contributed by atoms with van der Waals surface area (Å²) >= 11 is 0. The molecule has 0 unspecified atom stereocenters. The SMILES string of the molecule is CCCCC1=C(c2ccccc2)C(=O)N(C(=O)c2cc(O)[nH]c2O)C1=O. The fourth-order valence-corrected chi connectivity index (χ4v) is 2.96. The molecule has 0 radical (unpaired) electrons. The molecule has 26 heavy (non-hydrogen) atoms. The first-order valence-corrected chi connectivity index (χ1v) is 8.28. The first-order chi connectivity index (χ1) is 12.5. The second kappa shape index (κ2) is 6.87. The average Bonchev–Trinajstić information content (AvgIpc) is 3.09. The van der Waals surface area contributed by atoms with Crippen LogP contribution in [0.4, 0.5) is 0 Å². The maximum atomic E-state index is 12.9. The van der Waals surface area contributed by atoms with E-state index in [9.17, 15) is 24.6 Å². The molecule has 1 aliphatic rings. The van der Waals surface area contributed by atoms with E-state index in [4.69, 9.17) is 0 Å². The zero-order valence-electron chi connectivity index (χ0n) is 14.2. The fraction of sp³-hybridized carbons (Fsp3) is 0.211. The summed E-state index contributed by atoms with van der Waals surface area (Å²) in [6, 6.07) is 9.68. The van der Waals surface area contributed by atoms with Crippen LogP contribution >= 0.6 is 0 Å². The molecule has 1 aromatic carbocycles. The summed E-state index contributed by atoms with van der Waals surface area (Å²) in [5, 5.41) is 19.1. The van der Waals surface area contributed by atoms with Gasteiger partial charge in [-0.05, 0) is 18.4 Å². The Bertz CT molecular complexity index is 911. The molecule has 1 aromatic heterocycles. The monoisotopic (exact) mass is 354 g/mol. The van der Waals surface area contributed by atoms with E-state index >= 15 is 0 Å². The molecular weight excluding hydrogens is 336 g/mol. The van der Waals surface area contributed by atoms with E-state index in [1.807, 2.05) is 6.92 Å². The van der Waals surface area contributed by atoms with Crippen molar-refractivity contribution in [3.63, 3.8) is 0 Å². The number of benzene rings is 1. The highest BCUT2D eigenvalue weighted by Crippen LogP contribution is 2.34. The second-order valence-corrected chi connectivity index (χ2v) is 5.99. The topological polar surface area (TPSA) is 111 Å². The van der Waals surface area contributed by atoms with Gasteiger partial charge >= 0.3 is 0 Å². The van der Waals surface area contributed by atoms with Crippen molar-refractivity contribution in [3.05, 3.63) is 53.1 Å². The second-order valence-electron chi connectivity index (χ2n) is 5.99. The van der Waals surface area contributed by atoms with Crippen molar-refractivity contribution in [1.29, 1.82) is 0 Å². The normalized spacial score (nSPS) is 14.4. The molecule has 134 valence electrons. The predicted molar refractivity (Wildman–Crippen MR) is 93.2 cm³/mol. The fourth-order valence-electron chi connectivity index (χ4n) is 2.96. The number of carbonyl (C=O) groups is 3. The van der Waals surface area contributed by atoms with E-state index in [0.29, 0.717) is 23.3 Å². The van der Waals surface area contributed by atoms with Gasteiger partial charge in [-0.1, -0.05) is 43.7 Å². The third-order valence-corrected chi connectivity index (χ3v) is 4.24. The van der Waals surface area contributed by atoms with Gasteiger partial charge in [-0.25, -0.2) is 4.90 Å². The van der Waals surface area contributed by atoms with Gasteiger partial charge in [-0.15, -0.1) is 0 Å². The summed E-state index contributed by atoms with van der Waals surface area (Å²) < 4.78 is 0. The average molecular weight is 354 g/mol. The van der Waals surface area contributed by atoms with Gasteiger partial charge in [0, 0.05) is 11.6 Å². The van der Waals surface area contributed by atoms with Crippen molar-refractivity contribution >= 4 is 23.3 Å². The van der Waals surface area contributed by atoms with Crippen LogP contribution in [-0.4, -0.2) is 37.8 Å². The summed E-state index contributed by atoms with van der Waals surface area (Å²) in [7, 11) is 0. The van der Waals surface area contributed by atoms with Crippen molar-refractivity contribution in [2.45, 2.75) is 26.2 Å². The van der Waals surface area contributed by atoms with Crippen LogP contribution in [0, 0.1) is 0 Å². The molecular formula is C19H18N2O5. The van der Waals surface area contributed by atoms with Crippen LogP contribution in [0.1, 0.15) is 42.1 Å². The number of nitrogens with one attached hydrogen (secondary N) is 1. The number of unbranched alkanes of at least 4 members (excludes halogenated alkanes) is 1. The molecule has 3 amide bonds. The molecule has 7 heteroatoms. The zero-order chi connectivity index (χ0) is 18.8. The Labute approximate surface area is 149 Å². The number of amides is 3. The van der Waals surface area contributed by atoms with E-state index in [2.05, 4.69) is 4.98 Å². The van der Waals surface area contributed by atoms with Crippen LogP contribution in [-0.2, 0) is 9.59 Å². The molecule has 2 aromatic rings. The van der Waals surface area contributed by atoms with Crippen LogP contribution in [0.5, 0.6) is 11.8 Å². The molecule has 7 nitrogen and oxygen atoms in total. The minimum Gasteiger partial charge on any atom is -0.494 e. The third-order valence-electron chi connectivity index (χ3n) is 4.24. The number of imide groups is 3. The Balaban J connectivity index is 2.04. The summed E-state index contributed by atoms with van der Waals surface area (Å²) in [6.07, 6.45) is 1.90. The molecule has 0 atom stereocenters. The number of aromatic nitrogens is 1. The van der Waals surface area contributed by atoms with E-state index < -0.39 is 29.5 Å². The lowest BCUT2D eigenvalue weighted by atomic mass is 9.98. The van der Waals surface area contributed by atoms with Gasteiger partial charge in [0.1, 0.15) is 5.56 Å². The summed E-state index contributed by atoms with van der Waals surface area (Å²) in [5.74, 6) is -3.43. The first-order valence-electron chi connectivity index (χ1n) is 8.28. The van der Waals surface area contributed by atoms with Crippen molar-refractivity contribution in [3.8, 4) is 11.8 Å². The molecule has 2 heterocycles. The minimum atomic E-state index is -0.978. The van der Waals surface area contributed by atoms with Crippen LogP contribution < -0.4 is 0 Å². The maximum Gasteiger partial charge on any atom is 0.273 e. The van der Waals surface area contributed by atoms with Crippen molar-refractivity contribution in [1.82, 2.24) is 9.88 Å². The summed E-state index contributed by atoms with van der Waals surface area (Å²) in [6.45, 7) is 1.97. The Hall–Kier alpha value is -3.35. The molecule has 3 rings (SSSR count). The molecule has 0 aliphatic carbocycles. The number of hydrogen-bond donors (Lipinski definition) is 3. The standard InChI is InChI=1S/C19H18N2O5/c1-2-3-9-12-15(11-7-5-4-6-8-11)19(26)21(17(12)24)18(25)13-10-14(22)20-16(13)23/h4-8,10,20,22-23H,2-3,9H2,1H3. The highest BCUT2D eigenvalue weighted by Gasteiger charge is 2.43. The lowest BCUT2D eigenvalue weighted by Crippen LogP contribution is -2.37. The largest absolute Gasteiger partial charge is 0.494 e. The van der Waals surface area contributed by atoms with E-state index in [1.165, 1.54) is 0 Å². The maximum absolute atomic E-state index is 12.9. The Morgan fingerprint density at radius 1 is 1.12 bits per heavy atom. The van der Waals surface area contributed by atoms with Crippen LogP contribution in [0.2, 0.25) is 0 Å². The van der Waals surface area contributed by atoms with Gasteiger partial charge in [0.15, 0.2) is 5.88 Å². The zero-order valence-corrected chi connectivity index (χ0v) is 14.2. The molecule has 1 aliphatic heterocycles. The highest BCUT2D eigenvalue weighted by atomic mass is 16.3. The lowest BCUT2D eigenvalue weighted by molar-refractivity contribution is -0.133. The minimum absolute atomic E-state index is 0.205. The summed E-state index contributed by atoms with van der Waals surface area (Å²) in [4.78, 5) is 41.1. The number of carbonyl (C=O) groups excluding carboxylic acids is 3.